The third-order valence-electron chi connectivity index (χ3n) is 4.15. The van der Waals surface area contributed by atoms with E-state index < -0.39 is 17.6 Å². The Morgan fingerprint density at radius 1 is 0.903 bits per heavy atom. The van der Waals surface area contributed by atoms with Gasteiger partial charge >= 0.3 is 0 Å². The molecule has 0 aliphatic rings. The summed E-state index contributed by atoms with van der Waals surface area (Å²) in [5, 5.41) is 7.81. The largest absolute Gasteiger partial charge is 0.352 e. The summed E-state index contributed by atoms with van der Waals surface area (Å²) in [6.07, 6.45) is 1.44. The van der Waals surface area contributed by atoms with E-state index in [1.807, 2.05) is 0 Å². The number of pyridine rings is 1. The summed E-state index contributed by atoms with van der Waals surface area (Å²) >= 11 is 3.30. The van der Waals surface area contributed by atoms with Gasteiger partial charge in [-0.15, -0.1) is 0 Å². The molecule has 0 bridgehead atoms. The van der Waals surface area contributed by atoms with E-state index in [9.17, 15) is 18.8 Å². The van der Waals surface area contributed by atoms with Gasteiger partial charge in [-0.05, 0) is 54.6 Å². The minimum Gasteiger partial charge on any atom is -0.352 e. The molecule has 3 amide bonds. The van der Waals surface area contributed by atoms with E-state index >= 15 is 0 Å². The maximum absolute atomic E-state index is 13.7. The highest BCUT2D eigenvalue weighted by atomic mass is 79.9. The van der Waals surface area contributed by atoms with Gasteiger partial charge in [-0.1, -0.05) is 22.0 Å². The average Bonchev–Trinajstić information content (AvgIpc) is 2.76. The number of hydrogen-bond donors (Lipinski definition) is 3. The Hall–Kier alpha value is -3.59. The summed E-state index contributed by atoms with van der Waals surface area (Å²) in [6, 6.07) is 15.3. The van der Waals surface area contributed by atoms with Crippen molar-refractivity contribution in [1.29, 1.82) is 0 Å². The lowest BCUT2D eigenvalue weighted by Crippen LogP contribution is -2.27. The quantitative estimate of drug-likeness (QED) is 0.471. The molecule has 31 heavy (non-hydrogen) atoms. The Balaban J connectivity index is 1.58. The van der Waals surface area contributed by atoms with Gasteiger partial charge < -0.3 is 16.0 Å². The van der Waals surface area contributed by atoms with Crippen LogP contribution in [0.25, 0.3) is 0 Å². The van der Waals surface area contributed by atoms with Crippen molar-refractivity contribution < 1.29 is 18.8 Å². The summed E-state index contributed by atoms with van der Waals surface area (Å²) < 4.78 is 14.5. The lowest BCUT2D eigenvalue weighted by molar-refractivity contribution is -0.116. The summed E-state index contributed by atoms with van der Waals surface area (Å²) in [5.74, 6) is -1.83. The zero-order chi connectivity index (χ0) is 22.2. The smallest absolute Gasteiger partial charge is 0.274 e. The SMILES string of the molecule is O=C(CCNC(=O)c1ccc(Br)cc1)Nc1cc(F)ccc1NC(=O)c1ccccn1. The Labute approximate surface area is 186 Å². The highest BCUT2D eigenvalue weighted by molar-refractivity contribution is 9.10. The molecule has 3 rings (SSSR count). The molecule has 1 heterocycles. The van der Waals surface area contributed by atoms with E-state index in [0.717, 1.165) is 10.5 Å². The van der Waals surface area contributed by atoms with Gasteiger partial charge in [-0.3, -0.25) is 19.4 Å². The first kappa shape index (κ1) is 22.1. The molecular formula is C22H18BrFN4O3. The normalized spacial score (nSPS) is 10.3. The van der Waals surface area contributed by atoms with Crippen LogP contribution >= 0.6 is 15.9 Å². The number of hydrogen-bond acceptors (Lipinski definition) is 4. The zero-order valence-corrected chi connectivity index (χ0v) is 17.8. The number of rotatable bonds is 7. The van der Waals surface area contributed by atoms with Crippen LogP contribution in [0.1, 0.15) is 27.3 Å². The number of nitrogens with zero attached hydrogens (tertiary/aromatic N) is 1. The molecule has 2 aromatic carbocycles. The fraction of sp³-hybridized carbons (Fsp3) is 0.0909. The minimum atomic E-state index is -0.574. The molecule has 0 atom stereocenters. The highest BCUT2D eigenvalue weighted by Gasteiger charge is 2.13. The van der Waals surface area contributed by atoms with Crippen LogP contribution in [-0.4, -0.2) is 29.3 Å². The molecule has 0 spiro atoms. The average molecular weight is 485 g/mol. The number of benzene rings is 2. The van der Waals surface area contributed by atoms with Crippen LogP contribution in [0.5, 0.6) is 0 Å². The molecule has 0 aliphatic carbocycles. The molecular weight excluding hydrogens is 467 g/mol. The minimum absolute atomic E-state index is 0.0353. The summed E-state index contributed by atoms with van der Waals surface area (Å²) in [7, 11) is 0. The van der Waals surface area contributed by atoms with Gasteiger partial charge in [0.1, 0.15) is 11.5 Å². The molecule has 0 aliphatic heterocycles. The van der Waals surface area contributed by atoms with Crippen LogP contribution < -0.4 is 16.0 Å². The summed E-state index contributed by atoms with van der Waals surface area (Å²) in [5.41, 5.74) is 0.978. The number of nitrogens with one attached hydrogen (secondary N) is 3. The second-order valence-electron chi connectivity index (χ2n) is 6.42. The summed E-state index contributed by atoms with van der Waals surface area (Å²) in [6.45, 7) is 0.0890. The number of amides is 3. The molecule has 0 unspecified atom stereocenters. The van der Waals surface area contributed by atoms with Gasteiger partial charge in [-0.25, -0.2) is 4.39 Å². The van der Waals surface area contributed by atoms with Crippen molar-refractivity contribution in [2.45, 2.75) is 6.42 Å². The van der Waals surface area contributed by atoms with Crippen LogP contribution in [0, 0.1) is 5.82 Å². The lowest BCUT2D eigenvalue weighted by Gasteiger charge is -2.13. The standard InChI is InChI=1S/C22H18BrFN4O3/c23-15-6-4-14(5-7-15)21(30)26-12-10-20(29)27-19-13-16(24)8-9-17(19)28-22(31)18-3-1-2-11-25-18/h1-9,11,13H,10,12H2,(H,26,30)(H,27,29)(H,28,31). The van der Waals surface area contributed by atoms with Crippen LogP contribution in [0.2, 0.25) is 0 Å². The van der Waals surface area contributed by atoms with Gasteiger partial charge in [0.15, 0.2) is 0 Å². The third kappa shape index (κ3) is 6.45. The van der Waals surface area contributed by atoms with E-state index in [1.54, 1.807) is 36.4 Å². The van der Waals surface area contributed by atoms with Gasteiger partial charge in [-0.2, -0.15) is 0 Å². The highest BCUT2D eigenvalue weighted by Crippen LogP contribution is 2.23. The fourth-order valence-corrected chi connectivity index (χ4v) is 2.88. The molecule has 9 heteroatoms. The topological polar surface area (TPSA) is 100 Å². The first-order chi connectivity index (χ1) is 14.9. The van der Waals surface area contributed by atoms with Gasteiger partial charge in [0.25, 0.3) is 11.8 Å². The Morgan fingerprint density at radius 3 is 2.39 bits per heavy atom. The second-order valence-corrected chi connectivity index (χ2v) is 7.34. The number of carbonyl (C=O) groups excluding carboxylic acids is 3. The number of halogens is 2. The maximum Gasteiger partial charge on any atom is 0.274 e. The summed E-state index contributed by atoms with van der Waals surface area (Å²) in [4.78, 5) is 40.6. The molecule has 0 saturated heterocycles. The van der Waals surface area contributed by atoms with Crippen molar-refractivity contribution in [1.82, 2.24) is 10.3 Å². The lowest BCUT2D eigenvalue weighted by atomic mass is 10.2. The molecule has 7 nitrogen and oxygen atoms in total. The molecule has 158 valence electrons. The molecule has 0 fully saturated rings. The maximum atomic E-state index is 13.7. The van der Waals surface area contributed by atoms with Crippen molar-refractivity contribution in [2.24, 2.45) is 0 Å². The molecule has 0 saturated carbocycles. The van der Waals surface area contributed by atoms with Crippen molar-refractivity contribution in [3.05, 3.63) is 88.4 Å². The third-order valence-corrected chi connectivity index (χ3v) is 4.67. The fourth-order valence-electron chi connectivity index (χ4n) is 2.62. The first-order valence-electron chi connectivity index (χ1n) is 9.28. The second kappa shape index (κ2) is 10.4. The number of carbonyl (C=O) groups is 3. The van der Waals surface area contributed by atoms with E-state index in [1.165, 1.54) is 24.4 Å². The Kier molecular flexibility index (Phi) is 7.45. The van der Waals surface area contributed by atoms with Gasteiger partial charge in [0.05, 0.1) is 11.4 Å². The van der Waals surface area contributed by atoms with Crippen LogP contribution in [-0.2, 0) is 4.79 Å². The van der Waals surface area contributed by atoms with Crippen LogP contribution in [0.3, 0.4) is 0 Å². The molecule has 3 aromatic rings. The molecule has 0 radical (unpaired) electrons. The Morgan fingerprint density at radius 2 is 1.68 bits per heavy atom. The van der Waals surface area contributed by atoms with Crippen molar-refractivity contribution >= 4 is 45.0 Å². The van der Waals surface area contributed by atoms with E-state index in [2.05, 4.69) is 36.9 Å². The van der Waals surface area contributed by atoms with Gasteiger partial charge in [0, 0.05) is 29.2 Å². The Bertz CT molecular complexity index is 1090. The van der Waals surface area contributed by atoms with Gasteiger partial charge in [0.2, 0.25) is 5.91 Å². The monoisotopic (exact) mass is 484 g/mol. The predicted octanol–water partition coefficient (Wildman–Crippen LogP) is 3.99. The zero-order valence-electron chi connectivity index (χ0n) is 16.2. The van der Waals surface area contributed by atoms with Crippen molar-refractivity contribution in [3.8, 4) is 0 Å². The predicted molar refractivity (Wildman–Crippen MR) is 118 cm³/mol. The number of anilines is 2. The first-order valence-corrected chi connectivity index (χ1v) is 10.1. The van der Waals surface area contributed by atoms with Crippen LogP contribution in [0.4, 0.5) is 15.8 Å². The van der Waals surface area contributed by atoms with E-state index in [0.29, 0.717) is 5.56 Å². The van der Waals surface area contributed by atoms with E-state index in [4.69, 9.17) is 0 Å². The van der Waals surface area contributed by atoms with E-state index in [-0.39, 0.29) is 35.9 Å². The molecule has 3 N–H and O–H groups in total. The van der Waals surface area contributed by atoms with Crippen LogP contribution in [0.15, 0.2) is 71.3 Å². The van der Waals surface area contributed by atoms with Crippen molar-refractivity contribution in [3.63, 3.8) is 0 Å². The number of aromatic nitrogens is 1. The van der Waals surface area contributed by atoms with Crippen molar-refractivity contribution in [2.75, 3.05) is 17.2 Å². The molecule has 1 aromatic heterocycles.